The molecule has 0 unspecified atom stereocenters. The van der Waals surface area contributed by atoms with Crippen LogP contribution in [0, 0.1) is 0 Å². The van der Waals surface area contributed by atoms with E-state index in [-0.39, 0.29) is 0 Å². The molecule has 0 rings (SSSR count). The van der Waals surface area contributed by atoms with E-state index >= 15 is 0 Å². The van der Waals surface area contributed by atoms with Gasteiger partial charge in [0.05, 0.1) is 38.8 Å². The van der Waals surface area contributed by atoms with Gasteiger partial charge >= 0.3 is 15.2 Å². The minimum absolute atomic E-state index is 0.415. The summed E-state index contributed by atoms with van der Waals surface area (Å²) >= 11 is 0. The number of hydrogen-bond acceptors (Lipinski definition) is 6. The molecule has 0 N–H and O–H groups in total. The first-order valence-electron chi connectivity index (χ1n) is 11.7. The van der Waals surface area contributed by atoms with E-state index in [1.54, 1.807) is 0 Å². The zero-order valence-corrected chi connectivity index (χ0v) is 21.2. The maximum atomic E-state index is 12.9. The average molecular weight is 457 g/mol. The van der Waals surface area contributed by atoms with Gasteiger partial charge in [-0.25, -0.2) is 0 Å². The standard InChI is InChI=1S/C21H46O6P2/c1-5-9-16-24-28(22,25-17-10-6-2)20-14-13-15-21-29(23,26-18-11-7-3)27-19-12-8-4/h5-21H2,1-4H3. The second-order valence-electron chi connectivity index (χ2n) is 7.48. The van der Waals surface area contributed by atoms with Crippen molar-refractivity contribution in [2.24, 2.45) is 0 Å². The molecule has 0 radical (unpaired) electrons. The topological polar surface area (TPSA) is 71.1 Å². The fraction of sp³-hybridized carbons (Fsp3) is 1.00. The molecule has 176 valence electrons. The Kier molecular flexibility index (Phi) is 19.2. The van der Waals surface area contributed by atoms with Gasteiger partial charge in [0, 0.05) is 0 Å². The third kappa shape index (κ3) is 16.6. The molecule has 0 spiro atoms. The zero-order chi connectivity index (χ0) is 21.8. The van der Waals surface area contributed by atoms with Crippen molar-refractivity contribution in [3.05, 3.63) is 0 Å². The monoisotopic (exact) mass is 456 g/mol. The van der Waals surface area contributed by atoms with Gasteiger partial charge in [-0.2, -0.15) is 0 Å². The Morgan fingerprint density at radius 1 is 0.448 bits per heavy atom. The van der Waals surface area contributed by atoms with E-state index in [4.69, 9.17) is 18.1 Å². The van der Waals surface area contributed by atoms with Gasteiger partial charge in [0.15, 0.2) is 0 Å². The van der Waals surface area contributed by atoms with Crippen molar-refractivity contribution in [1.29, 1.82) is 0 Å². The van der Waals surface area contributed by atoms with Crippen LogP contribution >= 0.6 is 15.2 Å². The van der Waals surface area contributed by atoms with Crippen LogP contribution in [0.15, 0.2) is 0 Å². The first-order chi connectivity index (χ1) is 13.9. The Bertz CT molecular complexity index is 390. The third-order valence-corrected chi connectivity index (χ3v) is 8.54. The minimum atomic E-state index is -3.03. The molecule has 0 heterocycles. The van der Waals surface area contributed by atoms with Crippen LogP contribution in [-0.4, -0.2) is 38.8 Å². The summed E-state index contributed by atoms with van der Waals surface area (Å²) in [6.07, 6.45) is 10.6. The van der Waals surface area contributed by atoms with Crippen molar-refractivity contribution < 1.29 is 27.2 Å². The molecule has 0 saturated heterocycles. The quantitative estimate of drug-likeness (QED) is 0.122. The molecule has 0 aromatic heterocycles. The van der Waals surface area contributed by atoms with Crippen LogP contribution < -0.4 is 0 Å². The minimum Gasteiger partial charge on any atom is -0.309 e. The highest BCUT2D eigenvalue weighted by atomic mass is 31.2. The smallest absolute Gasteiger partial charge is 0.309 e. The van der Waals surface area contributed by atoms with Crippen LogP contribution in [0.1, 0.15) is 98.3 Å². The Hall–Kier alpha value is 0.300. The van der Waals surface area contributed by atoms with Crippen molar-refractivity contribution >= 4 is 15.2 Å². The van der Waals surface area contributed by atoms with Gasteiger partial charge in [-0.3, -0.25) is 9.13 Å². The maximum Gasteiger partial charge on any atom is 0.330 e. The van der Waals surface area contributed by atoms with Crippen LogP contribution in [0.2, 0.25) is 0 Å². The van der Waals surface area contributed by atoms with Gasteiger partial charge in [-0.1, -0.05) is 59.8 Å². The molecule has 0 aliphatic rings. The molecule has 0 amide bonds. The van der Waals surface area contributed by atoms with Gasteiger partial charge < -0.3 is 18.1 Å². The Labute approximate surface area is 179 Å². The molecule has 0 bridgehead atoms. The van der Waals surface area contributed by atoms with Crippen molar-refractivity contribution in [2.75, 3.05) is 38.8 Å². The van der Waals surface area contributed by atoms with Crippen molar-refractivity contribution in [3.8, 4) is 0 Å². The highest BCUT2D eigenvalue weighted by molar-refractivity contribution is 7.54. The van der Waals surface area contributed by atoms with Crippen molar-refractivity contribution in [3.63, 3.8) is 0 Å². The van der Waals surface area contributed by atoms with Crippen LogP contribution in [0.5, 0.6) is 0 Å². The van der Waals surface area contributed by atoms with Gasteiger partial charge in [-0.05, 0) is 38.5 Å². The van der Waals surface area contributed by atoms with E-state index in [9.17, 15) is 9.13 Å². The first-order valence-corrected chi connectivity index (χ1v) is 15.2. The molecular weight excluding hydrogens is 410 g/mol. The summed E-state index contributed by atoms with van der Waals surface area (Å²) in [7, 11) is -6.07. The molecule has 0 fully saturated rings. The van der Waals surface area contributed by atoms with E-state index in [2.05, 4.69) is 27.7 Å². The van der Waals surface area contributed by atoms with E-state index in [1.807, 2.05) is 0 Å². The number of hydrogen-bond donors (Lipinski definition) is 0. The Morgan fingerprint density at radius 3 is 0.966 bits per heavy atom. The summed E-state index contributed by atoms with van der Waals surface area (Å²) in [4.78, 5) is 0. The lowest BCUT2D eigenvalue weighted by molar-refractivity contribution is 0.198. The molecule has 8 heteroatoms. The predicted molar refractivity (Wildman–Crippen MR) is 122 cm³/mol. The lowest BCUT2D eigenvalue weighted by atomic mass is 10.3. The normalized spacial score (nSPS) is 12.6. The van der Waals surface area contributed by atoms with Gasteiger partial charge in [0.1, 0.15) is 0 Å². The SMILES string of the molecule is CCCCOP(=O)(CCCCCP(=O)(OCCCC)OCCCC)OCCCC. The second kappa shape index (κ2) is 19.0. The summed E-state index contributed by atoms with van der Waals surface area (Å²) in [5.41, 5.74) is 0. The third-order valence-electron chi connectivity index (χ3n) is 4.51. The average Bonchev–Trinajstić information content (AvgIpc) is 2.69. The molecule has 0 aromatic rings. The molecule has 0 aliphatic heterocycles. The van der Waals surface area contributed by atoms with Gasteiger partial charge in [0.25, 0.3) is 0 Å². The second-order valence-corrected chi connectivity index (χ2v) is 11.8. The largest absolute Gasteiger partial charge is 0.330 e. The molecule has 6 nitrogen and oxygen atoms in total. The van der Waals surface area contributed by atoms with Crippen LogP contribution in [0.25, 0.3) is 0 Å². The Morgan fingerprint density at radius 2 is 0.724 bits per heavy atom. The first kappa shape index (κ1) is 29.3. The van der Waals surface area contributed by atoms with E-state index in [0.717, 1.165) is 70.6 Å². The molecule has 0 saturated carbocycles. The van der Waals surface area contributed by atoms with Crippen LogP contribution in [0.4, 0.5) is 0 Å². The van der Waals surface area contributed by atoms with Gasteiger partial charge in [-0.15, -0.1) is 0 Å². The lowest BCUT2D eigenvalue weighted by Crippen LogP contribution is -2.05. The summed E-state index contributed by atoms with van der Waals surface area (Å²) in [6, 6.07) is 0. The molecule has 0 aliphatic carbocycles. The summed E-state index contributed by atoms with van der Waals surface area (Å²) in [6.45, 7) is 10.2. The number of unbranched alkanes of at least 4 members (excludes halogenated alkanes) is 6. The van der Waals surface area contributed by atoms with E-state index < -0.39 is 15.2 Å². The molecule has 0 atom stereocenters. The highest BCUT2D eigenvalue weighted by Gasteiger charge is 2.26. The van der Waals surface area contributed by atoms with E-state index in [1.165, 1.54) is 0 Å². The maximum absolute atomic E-state index is 12.9. The van der Waals surface area contributed by atoms with Crippen molar-refractivity contribution in [2.45, 2.75) is 98.3 Å². The van der Waals surface area contributed by atoms with Crippen LogP contribution in [-0.2, 0) is 27.2 Å². The highest BCUT2D eigenvalue weighted by Crippen LogP contribution is 2.51. The van der Waals surface area contributed by atoms with Crippen LogP contribution in [0.3, 0.4) is 0 Å². The van der Waals surface area contributed by atoms with E-state index in [0.29, 0.717) is 38.8 Å². The fourth-order valence-electron chi connectivity index (χ4n) is 2.51. The van der Waals surface area contributed by atoms with Gasteiger partial charge in [0.2, 0.25) is 0 Å². The van der Waals surface area contributed by atoms with Crippen molar-refractivity contribution in [1.82, 2.24) is 0 Å². The summed E-state index contributed by atoms with van der Waals surface area (Å²) in [5.74, 6) is 0. The Balaban J connectivity index is 4.40. The zero-order valence-electron chi connectivity index (χ0n) is 19.4. The summed E-state index contributed by atoms with van der Waals surface area (Å²) < 4.78 is 48.3. The number of rotatable bonds is 22. The molecular formula is C21H46O6P2. The predicted octanol–water partition coefficient (Wildman–Crippen LogP) is 7.81. The molecule has 0 aromatic carbocycles. The summed E-state index contributed by atoms with van der Waals surface area (Å²) in [5, 5.41) is 0. The molecule has 29 heavy (non-hydrogen) atoms. The fourth-order valence-corrected chi connectivity index (χ4v) is 6.03. The lowest BCUT2D eigenvalue weighted by Gasteiger charge is -2.20.